The molecule has 0 radical (unpaired) electrons. The molecule has 1 N–H and O–H groups in total. The molecular weight excluding hydrogens is 456 g/mol. The molecule has 0 unspecified atom stereocenters. The number of ether oxygens (including phenoxy) is 1. The van der Waals surface area contributed by atoms with Crippen molar-refractivity contribution in [1.82, 2.24) is 9.47 Å². The van der Waals surface area contributed by atoms with Crippen LogP contribution in [0.25, 0.3) is 0 Å². The maximum absolute atomic E-state index is 12.6. The van der Waals surface area contributed by atoms with Crippen molar-refractivity contribution in [3.8, 4) is 5.75 Å². The fourth-order valence-corrected chi connectivity index (χ4v) is 6.01. The minimum atomic E-state index is -0.620. The van der Waals surface area contributed by atoms with Crippen molar-refractivity contribution in [3.05, 3.63) is 84.4 Å². The predicted molar refractivity (Wildman–Crippen MR) is 126 cm³/mol. The summed E-state index contributed by atoms with van der Waals surface area (Å²) >= 11 is 1.46. The van der Waals surface area contributed by atoms with Crippen molar-refractivity contribution in [3.63, 3.8) is 0 Å². The number of fused-ring (bicyclic) bond motifs is 4. The number of nitrogens with zero attached hydrogens (tertiary/aromatic N) is 2. The van der Waals surface area contributed by atoms with E-state index in [-0.39, 0.29) is 23.7 Å². The number of aromatic hydroxyl groups is 1. The first-order chi connectivity index (χ1) is 16.4. The van der Waals surface area contributed by atoms with Crippen LogP contribution in [0.3, 0.4) is 0 Å². The Morgan fingerprint density at radius 1 is 1.26 bits per heavy atom. The van der Waals surface area contributed by atoms with Crippen LogP contribution >= 0.6 is 11.3 Å². The number of esters is 1. The van der Waals surface area contributed by atoms with E-state index < -0.39 is 23.1 Å². The molecule has 2 aliphatic heterocycles. The van der Waals surface area contributed by atoms with Crippen LogP contribution in [0.5, 0.6) is 5.75 Å². The molecule has 5 rings (SSSR count). The van der Waals surface area contributed by atoms with Crippen LogP contribution in [-0.2, 0) is 22.6 Å². The molecule has 0 saturated carbocycles. The zero-order valence-electron chi connectivity index (χ0n) is 18.8. The molecule has 1 fully saturated rings. The lowest BCUT2D eigenvalue weighted by molar-refractivity contribution is -0.140. The summed E-state index contributed by atoms with van der Waals surface area (Å²) in [6.45, 7) is 2.62. The first kappa shape index (κ1) is 22.6. The Labute approximate surface area is 200 Å². The van der Waals surface area contributed by atoms with Gasteiger partial charge in [0.2, 0.25) is 11.2 Å². The van der Waals surface area contributed by atoms with Crippen LogP contribution in [-0.4, -0.2) is 40.7 Å². The minimum absolute atomic E-state index is 0.0416. The second kappa shape index (κ2) is 9.23. The molecule has 34 heavy (non-hydrogen) atoms. The van der Waals surface area contributed by atoms with E-state index in [1.54, 1.807) is 6.07 Å². The molecule has 8 nitrogen and oxygen atoms in total. The highest BCUT2D eigenvalue weighted by atomic mass is 32.1. The lowest BCUT2D eigenvalue weighted by atomic mass is 9.83. The Balaban J connectivity index is 1.43. The quantitative estimate of drug-likeness (QED) is 0.539. The Hall–Kier alpha value is -3.17. The van der Waals surface area contributed by atoms with Gasteiger partial charge in [0, 0.05) is 43.4 Å². The molecule has 0 amide bonds. The van der Waals surface area contributed by atoms with Crippen LogP contribution < -0.4 is 11.0 Å². The lowest BCUT2D eigenvalue weighted by Crippen LogP contribution is -2.46. The third-order valence-corrected chi connectivity index (χ3v) is 7.50. The monoisotopic (exact) mass is 482 g/mol. The largest absolute Gasteiger partial charge is 0.502 e. The third kappa shape index (κ3) is 4.33. The van der Waals surface area contributed by atoms with E-state index >= 15 is 0 Å². The van der Waals surface area contributed by atoms with Gasteiger partial charge in [-0.15, -0.1) is 0 Å². The third-order valence-electron chi connectivity index (χ3n) is 6.80. The van der Waals surface area contributed by atoms with Gasteiger partial charge in [-0.05, 0) is 40.8 Å². The van der Waals surface area contributed by atoms with Crippen LogP contribution in [0.15, 0.2) is 55.1 Å². The van der Waals surface area contributed by atoms with Crippen molar-refractivity contribution in [2.24, 2.45) is 5.92 Å². The van der Waals surface area contributed by atoms with Crippen molar-refractivity contribution < 1.29 is 19.1 Å². The number of likely N-dealkylation sites (tertiary alicyclic amines) is 1. The summed E-state index contributed by atoms with van der Waals surface area (Å²) in [5.74, 6) is -0.455. The Morgan fingerprint density at radius 3 is 2.88 bits per heavy atom. The molecule has 3 aromatic heterocycles. The topological polar surface area (TPSA) is 102 Å². The molecule has 2 bridgehead atoms. The maximum Gasteiger partial charge on any atom is 0.306 e. The fourth-order valence-electron chi connectivity index (χ4n) is 5.30. The summed E-state index contributed by atoms with van der Waals surface area (Å²) in [5.41, 5.74) is 1.34. The molecule has 0 aliphatic carbocycles. The molecule has 3 aromatic rings. The van der Waals surface area contributed by atoms with Crippen LogP contribution in [0.2, 0.25) is 0 Å². The van der Waals surface area contributed by atoms with Crippen molar-refractivity contribution in [2.45, 2.75) is 37.8 Å². The van der Waals surface area contributed by atoms with Crippen LogP contribution in [0.4, 0.5) is 0 Å². The zero-order chi connectivity index (χ0) is 23.8. The van der Waals surface area contributed by atoms with Gasteiger partial charge in [-0.25, -0.2) is 0 Å². The number of carbonyl (C=O) groups is 1. The van der Waals surface area contributed by atoms with Crippen LogP contribution in [0, 0.1) is 5.92 Å². The highest BCUT2D eigenvalue weighted by Crippen LogP contribution is 2.37. The fraction of sp³-hybridized carbons (Fsp3) is 0.400. The summed E-state index contributed by atoms with van der Waals surface area (Å²) in [4.78, 5) is 39.2. The van der Waals surface area contributed by atoms with E-state index in [1.807, 2.05) is 33.5 Å². The van der Waals surface area contributed by atoms with Crippen molar-refractivity contribution >= 4 is 17.3 Å². The number of thiophene rings is 1. The lowest BCUT2D eigenvalue weighted by Gasteiger charge is -2.42. The highest BCUT2D eigenvalue weighted by molar-refractivity contribution is 7.08. The van der Waals surface area contributed by atoms with Gasteiger partial charge in [0.05, 0.1) is 26.0 Å². The van der Waals surface area contributed by atoms with Gasteiger partial charge >= 0.3 is 5.97 Å². The number of pyridine rings is 1. The average molecular weight is 483 g/mol. The second-order valence-electron chi connectivity index (χ2n) is 9.07. The first-order valence-electron chi connectivity index (χ1n) is 11.3. The zero-order valence-corrected chi connectivity index (χ0v) is 19.6. The maximum atomic E-state index is 12.6. The Kier molecular flexibility index (Phi) is 6.14. The van der Waals surface area contributed by atoms with E-state index in [0.29, 0.717) is 24.8 Å². The summed E-state index contributed by atoms with van der Waals surface area (Å²) in [6, 6.07) is 8.60. The molecule has 3 atom stereocenters. The number of rotatable bonds is 6. The molecular formula is C25H26N2O6S. The van der Waals surface area contributed by atoms with E-state index in [1.165, 1.54) is 24.5 Å². The van der Waals surface area contributed by atoms with Crippen molar-refractivity contribution in [1.29, 1.82) is 0 Å². The Bertz CT molecular complexity index is 1310. The SMILES string of the molecule is COC(=O)C[C@H](c1ccsc1)c1oc(CN2C[C@@H]3C[C@H](C2)c2cccc(=O)n2C3)cc(=O)c1O. The average Bonchev–Trinajstić information content (AvgIpc) is 3.35. The second-order valence-corrected chi connectivity index (χ2v) is 9.85. The van der Waals surface area contributed by atoms with Gasteiger partial charge in [0.25, 0.3) is 5.56 Å². The minimum Gasteiger partial charge on any atom is -0.502 e. The first-order valence-corrected chi connectivity index (χ1v) is 12.2. The van der Waals surface area contributed by atoms with Crippen molar-refractivity contribution in [2.75, 3.05) is 20.2 Å². The Morgan fingerprint density at radius 2 is 2.12 bits per heavy atom. The predicted octanol–water partition coefficient (Wildman–Crippen LogP) is 2.88. The summed E-state index contributed by atoms with van der Waals surface area (Å²) < 4.78 is 12.8. The smallest absolute Gasteiger partial charge is 0.306 e. The summed E-state index contributed by atoms with van der Waals surface area (Å²) in [6.07, 6.45) is 0.983. The standard InChI is InChI=1S/C25H26N2O6S/c1-32-23(30)9-19(16-5-6-34-14-16)25-24(31)21(28)8-18(33-25)13-26-10-15-7-17(12-26)20-3-2-4-22(29)27(20)11-15/h2-6,8,14-15,17,19,31H,7,9-13H2,1H3/t15-,17+,19+/m0/s1. The normalized spacial score (nSPS) is 20.5. The molecule has 0 spiro atoms. The van der Waals surface area contributed by atoms with E-state index in [2.05, 4.69) is 4.90 Å². The van der Waals surface area contributed by atoms with E-state index in [9.17, 15) is 19.5 Å². The number of hydrogen-bond acceptors (Lipinski definition) is 8. The van der Waals surface area contributed by atoms with Crippen LogP contribution in [0.1, 0.15) is 47.5 Å². The van der Waals surface area contributed by atoms with Gasteiger partial charge in [0.1, 0.15) is 5.76 Å². The number of methoxy groups -OCH3 is 1. The number of carbonyl (C=O) groups excluding carboxylic acids is 1. The van der Waals surface area contributed by atoms with E-state index in [0.717, 1.165) is 30.8 Å². The molecule has 1 saturated heterocycles. The van der Waals surface area contributed by atoms with Gasteiger partial charge in [-0.3, -0.25) is 19.3 Å². The highest BCUT2D eigenvalue weighted by Gasteiger charge is 2.35. The molecule has 178 valence electrons. The molecule has 9 heteroatoms. The molecule has 0 aromatic carbocycles. The number of aromatic nitrogens is 1. The summed E-state index contributed by atoms with van der Waals surface area (Å²) in [7, 11) is 1.30. The number of hydrogen-bond donors (Lipinski definition) is 1. The molecule has 2 aliphatic rings. The number of piperidine rings is 1. The summed E-state index contributed by atoms with van der Waals surface area (Å²) in [5, 5.41) is 14.3. The van der Waals surface area contributed by atoms with E-state index in [4.69, 9.17) is 9.15 Å². The molecule has 5 heterocycles. The van der Waals surface area contributed by atoms with Gasteiger partial charge in [-0.2, -0.15) is 11.3 Å². The van der Waals surface area contributed by atoms with Gasteiger partial charge in [-0.1, -0.05) is 6.07 Å². The van der Waals surface area contributed by atoms with Gasteiger partial charge < -0.3 is 18.8 Å². The van der Waals surface area contributed by atoms with Gasteiger partial charge in [0.15, 0.2) is 5.76 Å².